The molecule has 2 atom stereocenters. The summed E-state index contributed by atoms with van der Waals surface area (Å²) in [6.07, 6.45) is 0.195. The highest BCUT2D eigenvalue weighted by molar-refractivity contribution is 5.99. The van der Waals surface area contributed by atoms with Crippen molar-refractivity contribution >= 4 is 52.9 Å². The van der Waals surface area contributed by atoms with Gasteiger partial charge in [-0.2, -0.15) is 0 Å². The molecule has 1 aliphatic rings. The lowest BCUT2D eigenvalue weighted by atomic mass is 9.98. The molecule has 0 aliphatic carbocycles. The number of amides is 4. The highest BCUT2D eigenvalue weighted by atomic mass is 16.5. The first-order valence-corrected chi connectivity index (χ1v) is 14.8. The zero-order valence-electron chi connectivity index (χ0n) is 25.7. The third kappa shape index (κ3) is 8.36. The second kappa shape index (κ2) is 14.8. The first-order chi connectivity index (χ1) is 23.5. The summed E-state index contributed by atoms with van der Waals surface area (Å²) in [6, 6.07) is 9.90. The van der Waals surface area contributed by atoms with E-state index >= 15 is 0 Å². The van der Waals surface area contributed by atoms with Gasteiger partial charge in [0.2, 0.25) is 23.7 Å². The van der Waals surface area contributed by atoms with Crippen molar-refractivity contribution in [3.8, 4) is 0 Å². The van der Waals surface area contributed by atoms with E-state index in [1.165, 1.54) is 41.3 Å². The molecule has 7 N–H and O–H groups in total. The summed E-state index contributed by atoms with van der Waals surface area (Å²) in [6.45, 7) is 0.504. The van der Waals surface area contributed by atoms with Gasteiger partial charge in [-0.15, -0.1) is 0 Å². The van der Waals surface area contributed by atoms with Gasteiger partial charge in [0.05, 0.1) is 12.6 Å². The van der Waals surface area contributed by atoms with Crippen LogP contribution in [0.2, 0.25) is 0 Å². The number of carboxylic acids is 1. The van der Waals surface area contributed by atoms with E-state index in [9.17, 15) is 38.7 Å². The molecule has 1 aliphatic heterocycles. The molecular formula is C29H30N10O10. The van der Waals surface area contributed by atoms with Crippen molar-refractivity contribution in [2.75, 3.05) is 36.8 Å². The minimum atomic E-state index is -1.26. The quantitative estimate of drug-likeness (QED) is 0.0947. The topological polar surface area (TPSA) is 278 Å². The van der Waals surface area contributed by atoms with Crippen molar-refractivity contribution in [2.45, 2.75) is 25.4 Å². The third-order valence-corrected chi connectivity index (χ3v) is 7.40. The molecule has 1 saturated heterocycles. The minimum absolute atomic E-state index is 0.0419. The number of nitrogens with one attached hydrogen (secondary N) is 6. The Kier molecular flexibility index (Phi) is 10.1. The second-order valence-electron chi connectivity index (χ2n) is 10.6. The molecular weight excluding hydrogens is 648 g/mol. The predicted octanol–water partition coefficient (Wildman–Crippen LogP) is -0.411. The van der Waals surface area contributed by atoms with E-state index in [1.54, 1.807) is 19.1 Å². The Bertz CT molecular complexity index is 1950. The molecule has 0 bridgehead atoms. The molecule has 20 nitrogen and oxygen atoms in total. The standard InChI is InChI=1S/C29H30N10O10/c1-2-19(33-24(44)16-5-9-18(10-6-16)32-27-35-29(47)49-37-27)22-25(45)38(14-21(41)42)11-12-39(22)20(40)13-30-23(43)15-3-7-17(8-4-15)31-26-34-28(46)48-36-26/h3-10,19,22H,2,11-14H2,1H3,(H,30,43)(H,33,44)(H,41,42)(H2,31,34,36,46)(H2,32,35,37,47)/t19?,22-/m0/s1. The molecule has 4 aromatic rings. The molecule has 0 radical (unpaired) electrons. The molecule has 4 amide bonds. The van der Waals surface area contributed by atoms with Gasteiger partial charge in [-0.3, -0.25) is 43.0 Å². The fourth-order valence-corrected chi connectivity index (χ4v) is 5.05. The zero-order chi connectivity index (χ0) is 35.1. The lowest BCUT2D eigenvalue weighted by molar-refractivity contribution is -0.156. The van der Waals surface area contributed by atoms with Gasteiger partial charge < -0.3 is 36.2 Å². The van der Waals surface area contributed by atoms with E-state index < -0.39 is 66.3 Å². The minimum Gasteiger partial charge on any atom is -0.480 e. The zero-order valence-corrected chi connectivity index (χ0v) is 25.7. The van der Waals surface area contributed by atoms with Crippen LogP contribution in [-0.2, 0) is 14.4 Å². The Morgan fingerprint density at radius 2 is 1.39 bits per heavy atom. The summed E-state index contributed by atoms with van der Waals surface area (Å²) in [5.74, 6) is -5.05. The van der Waals surface area contributed by atoms with E-state index in [-0.39, 0.29) is 42.5 Å². The smallest absolute Gasteiger partial charge is 0.440 e. The van der Waals surface area contributed by atoms with Gasteiger partial charge in [0.25, 0.3) is 11.8 Å². The Morgan fingerprint density at radius 3 is 1.86 bits per heavy atom. The predicted molar refractivity (Wildman–Crippen MR) is 167 cm³/mol. The summed E-state index contributed by atoms with van der Waals surface area (Å²) >= 11 is 0. The Hall–Kier alpha value is -6.73. The van der Waals surface area contributed by atoms with Gasteiger partial charge in [0.15, 0.2) is 0 Å². The van der Waals surface area contributed by atoms with Gasteiger partial charge in [-0.05, 0) is 65.3 Å². The summed E-state index contributed by atoms with van der Waals surface area (Å²) in [4.78, 5) is 93.8. The van der Waals surface area contributed by atoms with Crippen LogP contribution in [0.5, 0.6) is 0 Å². The summed E-state index contributed by atoms with van der Waals surface area (Å²) in [5.41, 5.74) is 1.39. The second-order valence-corrected chi connectivity index (χ2v) is 10.6. The van der Waals surface area contributed by atoms with Gasteiger partial charge >= 0.3 is 17.5 Å². The molecule has 2 aromatic carbocycles. The lowest BCUT2D eigenvalue weighted by Crippen LogP contribution is -2.66. The normalized spacial score (nSPS) is 15.0. The van der Waals surface area contributed by atoms with E-state index in [0.29, 0.717) is 11.4 Å². The fourth-order valence-electron chi connectivity index (χ4n) is 5.05. The van der Waals surface area contributed by atoms with Gasteiger partial charge in [-0.1, -0.05) is 6.92 Å². The Balaban J connectivity index is 1.25. The van der Waals surface area contributed by atoms with E-state index in [0.717, 1.165) is 4.90 Å². The lowest BCUT2D eigenvalue weighted by Gasteiger charge is -2.43. The van der Waals surface area contributed by atoms with Crippen molar-refractivity contribution < 1.29 is 38.1 Å². The molecule has 3 heterocycles. The number of carbonyl (C=O) groups is 5. The monoisotopic (exact) mass is 678 g/mol. The van der Waals surface area contributed by atoms with Crippen LogP contribution < -0.4 is 32.8 Å². The number of aromatic nitrogens is 4. The summed E-state index contributed by atoms with van der Waals surface area (Å²) in [7, 11) is 0. The fraction of sp³-hybridized carbons (Fsp3) is 0.276. The van der Waals surface area contributed by atoms with Crippen LogP contribution in [0.15, 0.2) is 67.2 Å². The number of aromatic amines is 2. The average molecular weight is 679 g/mol. The highest BCUT2D eigenvalue weighted by Crippen LogP contribution is 2.19. The highest BCUT2D eigenvalue weighted by Gasteiger charge is 2.42. The van der Waals surface area contributed by atoms with E-state index in [4.69, 9.17) is 0 Å². The summed E-state index contributed by atoms with van der Waals surface area (Å²) < 4.78 is 8.84. The maximum absolute atomic E-state index is 13.6. The maximum atomic E-state index is 13.6. The number of anilines is 4. The van der Waals surface area contributed by atoms with Crippen molar-refractivity contribution in [1.82, 2.24) is 40.7 Å². The molecule has 5 rings (SSSR count). The molecule has 0 saturated carbocycles. The van der Waals surface area contributed by atoms with Crippen LogP contribution in [0.3, 0.4) is 0 Å². The molecule has 256 valence electrons. The van der Waals surface area contributed by atoms with Gasteiger partial charge in [0.1, 0.15) is 12.6 Å². The third-order valence-electron chi connectivity index (χ3n) is 7.40. The molecule has 20 heteroatoms. The number of carbonyl (C=O) groups excluding carboxylic acids is 4. The number of piperazine rings is 1. The van der Waals surface area contributed by atoms with Crippen LogP contribution in [0.1, 0.15) is 34.1 Å². The number of carboxylic acid groups (broad SMARTS) is 1. The van der Waals surface area contributed by atoms with E-state index in [1.807, 2.05) is 0 Å². The van der Waals surface area contributed by atoms with Crippen LogP contribution >= 0.6 is 0 Å². The van der Waals surface area contributed by atoms with Gasteiger partial charge in [-0.25, -0.2) is 9.59 Å². The number of nitrogens with zero attached hydrogens (tertiary/aromatic N) is 4. The Labute approximate surface area is 274 Å². The number of rotatable bonds is 13. The van der Waals surface area contributed by atoms with Crippen molar-refractivity contribution in [2.24, 2.45) is 0 Å². The number of hydrogen-bond donors (Lipinski definition) is 7. The summed E-state index contributed by atoms with van der Waals surface area (Å²) in [5, 5.41) is 27.2. The van der Waals surface area contributed by atoms with Gasteiger partial charge in [0, 0.05) is 35.6 Å². The van der Waals surface area contributed by atoms with Crippen LogP contribution in [0.25, 0.3) is 0 Å². The average Bonchev–Trinajstić information content (AvgIpc) is 3.69. The maximum Gasteiger partial charge on any atom is 0.440 e. The van der Waals surface area contributed by atoms with Crippen LogP contribution in [0.4, 0.5) is 23.3 Å². The molecule has 49 heavy (non-hydrogen) atoms. The molecule has 1 fully saturated rings. The van der Waals surface area contributed by atoms with Crippen molar-refractivity contribution in [3.05, 3.63) is 80.8 Å². The number of hydrogen-bond acceptors (Lipinski definition) is 13. The first kappa shape index (κ1) is 33.6. The number of H-pyrrole nitrogens is 2. The van der Waals surface area contributed by atoms with Crippen molar-refractivity contribution in [3.63, 3.8) is 0 Å². The van der Waals surface area contributed by atoms with E-state index in [2.05, 4.69) is 50.6 Å². The Morgan fingerprint density at radius 1 is 0.857 bits per heavy atom. The number of benzene rings is 2. The first-order valence-electron chi connectivity index (χ1n) is 14.8. The van der Waals surface area contributed by atoms with Crippen molar-refractivity contribution in [1.29, 1.82) is 0 Å². The van der Waals surface area contributed by atoms with Crippen LogP contribution in [0, 0.1) is 0 Å². The largest absolute Gasteiger partial charge is 0.480 e. The molecule has 2 aromatic heterocycles. The number of aliphatic carboxylic acids is 1. The SMILES string of the molecule is CCC(NC(=O)c1ccc(Nc2noc(=O)[nH]2)cc1)[C@H]1C(=O)N(CC(=O)O)CCN1C(=O)CNC(=O)c1ccc(Nc2noc(=O)[nH]2)cc1. The van der Waals surface area contributed by atoms with Crippen LogP contribution in [-0.4, -0.2) is 103 Å². The molecule has 0 spiro atoms. The molecule has 1 unspecified atom stereocenters.